The Balaban J connectivity index is 1.83. The zero-order valence-electron chi connectivity index (χ0n) is 12.4. The summed E-state index contributed by atoms with van der Waals surface area (Å²) in [6.07, 6.45) is 2.15. The fourth-order valence-corrected chi connectivity index (χ4v) is 3.76. The number of aliphatic carboxylic acids is 1. The van der Waals surface area contributed by atoms with Crippen LogP contribution in [0.4, 0.5) is 4.39 Å². The van der Waals surface area contributed by atoms with E-state index in [9.17, 15) is 19.1 Å². The number of hydrogen-bond donors (Lipinski definition) is 1. The maximum Gasteiger partial charge on any atom is 0.326 e. The largest absolute Gasteiger partial charge is 0.480 e. The number of thiophene rings is 1. The van der Waals surface area contributed by atoms with Gasteiger partial charge in [0.25, 0.3) is 5.91 Å². The van der Waals surface area contributed by atoms with Crippen molar-refractivity contribution < 1.29 is 19.1 Å². The van der Waals surface area contributed by atoms with Gasteiger partial charge in [-0.3, -0.25) is 4.79 Å². The predicted molar refractivity (Wildman–Crippen MR) is 86.0 cm³/mol. The number of nitrogens with zero attached hydrogens (tertiary/aromatic N) is 1. The maximum atomic E-state index is 13.0. The lowest BCUT2D eigenvalue weighted by Gasteiger charge is -2.32. The second kappa shape index (κ2) is 6.50. The van der Waals surface area contributed by atoms with Gasteiger partial charge in [0.15, 0.2) is 0 Å². The molecule has 1 atom stereocenters. The number of halogens is 1. The van der Waals surface area contributed by atoms with Crippen molar-refractivity contribution in [2.75, 3.05) is 6.54 Å². The number of benzene rings is 1. The maximum absolute atomic E-state index is 13.0. The highest BCUT2D eigenvalue weighted by molar-refractivity contribution is 7.17. The monoisotopic (exact) mass is 333 g/mol. The second-order valence-corrected chi connectivity index (χ2v) is 6.60. The van der Waals surface area contributed by atoms with Crippen LogP contribution < -0.4 is 0 Å². The van der Waals surface area contributed by atoms with Crippen molar-refractivity contribution in [3.05, 3.63) is 47.1 Å². The quantitative estimate of drug-likeness (QED) is 0.933. The smallest absolute Gasteiger partial charge is 0.326 e. The van der Waals surface area contributed by atoms with E-state index in [-0.39, 0.29) is 11.7 Å². The van der Waals surface area contributed by atoms with E-state index in [2.05, 4.69) is 0 Å². The van der Waals surface area contributed by atoms with Gasteiger partial charge in [-0.1, -0.05) is 12.1 Å². The van der Waals surface area contributed by atoms with Crippen LogP contribution in [0.1, 0.15) is 28.9 Å². The van der Waals surface area contributed by atoms with Crippen LogP contribution in [0.2, 0.25) is 0 Å². The normalized spacial score (nSPS) is 18.0. The lowest BCUT2D eigenvalue weighted by molar-refractivity contribution is -0.143. The molecule has 0 unspecified atom stereocenters. The molecule has 2 aromatic rings. The van der Waals surface area contributed by atoms with Gasteiger partial charge in [-0.2, -0.15) is 0 Å². The molecule has 1 N–H and O–H groups in total. The molecule has 1 fully saturated rings. The Morgan fingerprint density at radius 1 is 1.13 bits per heavy atom. The Kier molecular flexibility index (Phi) is 4.43. The summed E-state index contributed by atoms with van der Waals surface area (Å²) in [7, 11) is 0. The molecule has 23 heavy (non-hydrogen) atoms. The predicted octanol–water partition coefficient (Wildman–Crippen LogP) is 3.63. The van der Waals surface area contributed by atoms with Crippen LogP contribution in [-0.2, 0) is 4.79 Å². The van der Waals surface area contributed by atoms with E-state index in [1.54, 1.807) is 18.2 Å². The Hall–Kier alpha value is -2.21. The van der Waals surface area contributed by atoms with Crippen LogP contribution in [-0.4, -0.2) is 34.5 Å². The Morgan fingerprint density at radius 3 is 2.57 bits per heavy atom. The second-order valence-electron chi connectivity index (χ2n) is 5.52. The molecule has 1 aromatic carbocycles. The van der Waals surface area contributed by atoms with Gasteiger partial charge in [0, 0.05) is 11.4 Å². The molecule has 1 aliphatic rings. The van der Waals surface area contributed by atoms with Gasteiger partial charge in [0.1, 0.15) is 11.9 Å². The third kappa shape index (κ3) is 3.27. The number of carboxylic acid groups (broad SMARTS) is 1. The van der Waals surface area contributed by atoms with Crippen molar-refractivity contribution in [1.82, 2.24) is 4.90 Å². The van der Waals surface area contributed by atoms with Crippen molar-refractivity contribution in [3.8, 4) is 10.4 Å². The number of carbonyl (C=O) groups is 2. The summed E-state index contributed by atoms with van der Waals surface area (Å²) in [5.74, 6) is -1.50. The highest BCUT2D eigenvalue weighted by Gasteiger charge is 2.33. The number of amides is 1. The molecule has 0 saturated carbocycles. The van der Waals surface area contributed by atoms with Crippen molar-refractivity contribution in [1.29, 1.82) is 0 Å². The highest BCUT2D eigenvalue weighted by Crippen LogP contribution is 2.30. The summed E-state index contributed by atoms with van der Waals surface area (Å²) in [4.78, 5) is 26.8. The summed E-state index contributed by atoms with van der Waals surface area (Å²) in [5.41, 5.74) is 0.837. The Morgan fingerprint density at radius 2 is 1.87 bits per heavy atom. The van der Waals surface area contributed by atoms with Crippen LogP contribution in [0.25, 0.3) is 10.4 Å². The lowest BCUT2D eigenvalue weighted by atomic mass is 10.0. The summed E-state index contributed by atoms with van der Waals surface area (Å²) < 4.78 is 13.0. The first-order valence-corrected chi connectivity index (χ1v) is 8.27. The van der Waals surface area contributed by atoms with Gasteiger partial charge in [-0.25, -0.2) is 9.18 Å². The molecule has 6 heteroatoms. The topological polar surface area (TPSA) is 57.6 Å². The molecular weight excluding hydrogens is 317 g/mol. The molecule has 0 aliphatic carbocycles. The first-order valence-electron chi connectivity index (χ1n) is 7.46. The molecule has 0 radical (unpaired) electrons. The van der Waals surface area contributed by atoms with E-state index in [0.717, 1.165) is 23.3 Å². The van der Waals surface area contributed by atoms with Crippen LogP contribution >= 0.6 is 11.3 Å². The Labute approximate surface area is 137 Å². The molecular formula is C17H16FNO3S. The van der Waals surface area contributed by atoms with E-state index in [0.29, 0.717) is 17.8 Å². The summed E-state index contributed by atoms with van der Waals surface area (Å²) in [6.45, 7) is 0.472. The first kappa shape index (κ1) is 15.7. The number of carbonyl (C=O) groups excluding carboxylic acids is 1. The standard InChI is InChI=1S/C17H16FNO3S/c18-12-6-4-11(5-7-12)14-8-9-15(23-14)16(20)19-10-2-1-3-13(19)17(21)22/h4-9,13H,1-3,10H2,(H,21,22)/t13-/m1/s1. The van der Waals surface area contributed by atoms with Crippen LogP contribution in [0.5, 0.6) is 0 Å². The van der Waals surface area contributed by atoms with Gasteiger partial charge in [-0.05, 0) is 49.1 Å². The van der Waals surface area contributed by atoms with E-state index in [4.69, 9.17) is 0 Å². The number of piperidine rings is 1. The molecule has 1 amide bonds. The average Bonchev–Trinajstić information content (AvgIpc) is 3.04. The highest BCUT2D eigenvalue weighted by atomic mass is 32.1. The summed E-state index contributed by atoms with van der Waals surface area (Å²) >= 11 is 1.30. The van der Waals surface area contributed by atoms with Crippen LogP contribution in [0, 0.1) is 5.82 Å². The van der Waals surface area contributed by atoms with Crippen molar-refractivity contribution in [3.63, 3.8) is 0 Å². The zero-order valence-corrected chi connectivity index (χ0v) is 13.2. The van der Waals surface area contributed by atoms with E-state index >= 15 is 0 Å². The van der Waals surface area contributed by atoms with Crippen molar-refractivity contribution in [2.45, 2.75) is 25.3 Å². The van der Waals surface area contributed by atoms with Crippen molar-refractivity contribution >= 4 is 23.2 Å². The average molecular weight is 333 g/mol. The van der Waals surface area contributed by atoms with Gasteiger partial charge in [-0.15, -0.1) is 11.3 Å². The zero-order chi connectivity index (χ0) is 16.4. The minimum Gasteiger partial charge on any atom is -0.480 e. The van der Waals surface area contributed by atoms with Crippen LogP contribution in [0.3, 0.4) is 0 Å². The fourth-order valence-electron chi connectivity index (χ4n) is 2.80. The Bertz CT molecular complexity index is 726. The van der Waals surface area contributed by atoms with Gasteiger partial charge in [0.05, 0.1) is 4.88 Å². The van der Waals surface area contributed by atoms with Gasteiger partial charge in [0.2, 0.25) is 0 Å². The van der Waals surface area contributed by atoms with E-state index in [1.165, 1.54) is 28.4 Å². The third-order valence-electron chi connectivity index (χ3n) is 3.99. The van der Waals surface area contributed by atoms with Crippen molar-refractivity contribution in [2.24, 2.45) is 0 Å². The molecule has 4 nitrogen and oxygen atoms in total. The molecule has 0 spiro atoms. The van der Waals surface area contributed by atoms with E-state index in [1.807, 2.05) is 6.07 Å². The molecule has 1 aliphatic heterocycles. The molecule has 2 heterocycles. The molecule has 1 aromatic heterocycles. The molecule has 120 valence electrons. The third-order valence-corrected chi connectivity index (χ3v) is 5.12. The van der Waals surface area contributed by atoms with Crippen LogP contribution in [0.15, 0.2) is 36.4 Å². The number of likely N-dealkylation sites (tertiary alicyclic amines) is 1. The van der Waals surface area contributed by atoms with Gasteiger partial charge < -0.3 is 10.0 Å². The number of hydrogen-bond acceptors (Lipinski definition) is 3. The fraction of sp³-hybridized carbons (Fsp3) is 0.294. The molecule has 0 bridgehead atoms. The summed E-state index contributed by atoms with van der Waals surface area (Å²) in [5, 5.41) is 9.29. The first-order chi connectivity index (χ1) is 11.1. The molecule has 1 saturated heterocycles. The SMILES string of the molecule is O=C(O)[C@H]1CCCCN1C(=O)c1ccc(-c2ccc(F)cc2)s1. The number of rotatable bonds is 3. The number of carboxylic acids is 1. The molecule has 3 rings (SSSR count). The minimum absolute atomic E-state index is 0.240. The minimum atomic E-state index is -0.951. The summed E-state index contributed by atoms with van der Waals surface area (Å²) in [6, 6.07) is 8.85. The van der Waals surface area contributed by atoms with Gasteiger partial charge >= 0.3 is 5.97 Å². The van der Waals surface area contributed by atoms with E-state index < -0.39 is 12.0 Å². The lowest BCUT2D eigenvalue weighted by Crippen LogP contribution is -2.47.